The van der Waals surface area contributed by atoms with Crippen LogP contribution in [0.25, 0.3) is 0 Å². The molecule has 10 heteroatoms. The summed E-state index contributed by atoms with van der Waals surface area (Å²) in [7, 11) is -5.00. The van der Waals surface area contributed by atoms with Crippen molar-refractivity contribution in [2.45, 2.75) is 11.6 Å². The van der Waals surface area contributed by atoms with E-state index in [4.69, 9.17) is 9.29 Å². The lowest BCUT2D eigenvalue weighted by Crippen LogP contribution is -2.29. The van der Waals surface area contributed by atoms with Crippen LogP contribution in [0.4, 0.5) is 13.2 Å². The van der Waals surface area contributed by atoms with Gasteiger partial charge in [0.2, 0.25) is 11.2 Å². The summed E-state index contributed by atoms with van der Waals surface area (Å²) in [6.45, 7) is 0. The lowest BCUT2D eigenvalue weighted by molar-refractivity contribution is -0.137. The highest BCUT2D eigenvalue weighted by Gasteiger charge is 2.31. The van der Waals surface area contributed by atoms with E-state index < -0.39 is 33.1 Å². The molecular weight excluding hydrogens is 365 g/mol. The van der Waals surface area contributed by atoms with Crippen LogP contribution in [0.15, 0.2) is 48.5 Å². The van der Waals surface area contributed by atoms with Crippen molar-refractivity contribution in [1.29, 1.82) is 0 Å². The quantitative estimate of drug-likeness (QED) is 0.615. The Kier molecular flexibility index (Phi) is 5.16. The number of hydrogen-bond acceptors (Lipinski definition) is 5. The van der Waals surface area contributed by atoms with Gasteiger partial charge in [-0.05, 0) is 30.3 Å². The van der Waals surface area contributed by atoms with Crippen molar-refractivity contribution in [3.8, 4) is 11.5 Å². The minimum Gasteiger partial charge on any atom is -0.457 e. The molecule has 0 aliphatic rings. The second kappa shape index (κ2) is 6.82. The van der Waals surface area contributed by atoms with E-state index in [1.807, 2.05) is 0 Å². The van der Waals surface area contributed by atoms with Crippen LogP contribution in [0.3, 0.4) is 0 Å². The number of alkyl halides is 3. The van der Waals surface area contributed by atoms with Gasteiger partial charge in [-0.3, -0.25) is 9.35 Å². The highest BCUT2D eigenvalue weighted by Crippen LogP contribution is 2.32. The van der Waals surface area contributed by atoms with Gasteiger partial charge < -0.3 is 9.84 Å². The van der Waals surface area contributed by atoms with Crippen molar-refractivity contribution in [2.75, 3.05) is 0 Å². The smallest absolute Gasteiger partial charge is 0.416 e. The Balaban J connectivity index is 2.27. The normalized spacial score (nSPS) is 13.3. The summed E-state index contributed by atoms with van der Waals surface area (Å²) in [5.41, 5.74) is -3.91. The fourth-order valence-electron chi connectivity index (χ4n) is 1.86. The Morgan fingerprint density at radius 3 is 2.16 bits per heavy atom. The third-order valence-corrected chi connectivity index (χ3v) is 3.80. The molecule has 0 amide bonds. The van der Waals surface area contributed by atoms with E-state index >= 15 is 0 Å². The number of Topliss-reactive ketones (excluding diaryl/α,β-unsaturated/α-hetero) is 1. The number of rotatable bonds is 5. The van der Waals surface area contributed by atoms with Crippen LogP contribution < -0.4 is 4.74 Å². The average Bonchev–Trinajstić information content (AvgIpc) is 2.52. The molecule has 25 heavy (non-hydrogen) atoms. The van der Waals surface area contributed by atoms with Gasteiger partial charge in [0.25, 0.3) is 10.1 Å². The first kappa shape index (κ1) is 18.9. The maximum Gasteiger partial charge on any atom is 0.416 e. The average molecular weight is 376 g/mol. The topological polar surface area (TPSA) is 101 Å². The van der Waals surface area contributed by atoms with E-state index in [0.29, 0.717) is 0 Å². The minimum atomic E-state index is -5.00. The van der Waals surface area contributed by atoms with E-state index in [-0.39, 0.29) is 17.1 Å². The summed E-state index contributed by atoms with van der Waals surface area (Å²) in [6, 6.07) is 8.76. The van der Waals surface area contributed by atoms with Crippen molar-refractivity contribution >= 4 is 15.9 Å². The molecule has 2 rings (SSSR count). The predicted octanol–water partition coefficient (Wildman–Crippen LogP) is 2.89. The fourth-order valence-corrected chi connectivity index (χ4v) is 2.27. The Morgan fingerprint density at radius 1 is 1.04 bits per heavy atom. The maximum absolute atomic E-state index is 12.7. The van der Waals surface area contributed by atoms with Gasteiger partial charge in [-0.25, -0.2) is 0 Å². The van der Waals surface area contributed by atoms with Crippen LogP contribution in [0.5, 0.6) is 11.5 Å². The summed E-state index contributed by atoms with van der Waals surface area (Å²) in [4.78, 5) is 11.8. The fraction of sp³-hybridized carbons (Fsp3) is 0.133. The number of halogens is 3. The molecule has 0 heterocycles. The van der Waals surface area contributed by atoms with E-state index in [1.54, 1.807) is 0 Å². The van der Waals surface area contributed by atoms with Gasteiger partial charge in [0, 0.05) is 5.56 Å². The number of ether oxygens (including phenoxy) is 1. The van der Waals surface area contributed by atoms with Gasteiger partial charge >= 0.3 is 6.18 Å². The highest BCUT2D eigenvalue weighted by molar-refractivity contribution is 7.87. The molecule has 0 aliphatic heterocycles. The second-order valence-electron chi connectivity index (χ2n) is 4.89. The van der Waals surface area contributed by atoms with E-state index in [0.717, 1.165) is 30.3 Å². The predicted molar refractivity (Wildman–Crippen MR) is 79.8 cm³/mol. The van der Waals surface area contributed by atoms with Gasteiger partial charge in [-0.2, -0.15) is 21.6 Å². The first-order valence-corrected chi connectivity index (χ1v) is 8.12. The number of hydrogen-bond donors (Lipinski definition) is 2. The minimum absolute atomic E-state index is 0.0623. The molecule has 0 saturated carbocycles. The molecular formula is C15H11F3O6S. The van der Waals surface area contributed by atoms with Crippen LogP contribution in [0.2, 0.25) is 0 Å². The molecule has 0 radical (unpaired) electrons. The Labute approximate surface area is 140 Å². The number of carbonyl (C=O) groups excluding carboxylic acids is 1. The molecule has 0 aliphatic carbocycles. The number of aliphatic hydroxyl groups is 1. The van der Waals surface area contributed by atoms with E-state index in [9.17, 15) is 31.5 Å². The maximum atomic E-state index is 12.7. The van der Waals surface area contributed by atoms with Crippen molar-refractivity contribution in [3.63, 3.8) is 0 Å². The Hall–Kier alpha value is -2.43. The van der Waals surface area contributed by atoms with E-state index in [1.165, 1.54) is 18.2 Å². The molecule has 0 saturated heterocycles. The van der Waals surface area contributed by atoms with Crippen LogP contribution in [-0.4, -0.2) is 29.3 Å². The molecule has 1 unspecified atom stereocenters. The lowest BCUT2D eigenvalue weighted by Gasteiger charge is -2.11. The molecule has 1 atom stereocenters. The first-order valence-electron chi connectivity index (χ1n) is 6.62. The van der Waals surface area contributed by atoms with Crippen LogP contribution in [0.1, 0.15) is 15.9 Å². The zero-order valence-electron chi connectivity index (χ0n) is 12.3. The molecule has 0 aromatic heterocycles. The van der Waals surface area contributed by atoms with Crippen molar-refractivity contribution in [1.82, 2.24) is 0 Å². The first-order chi connectivity index (χ1) is 11.5. The van der Waals surface area contributed by atoms with Gasteiger partial charge in [0.15, 0.2) is 0 Å². The Morgan fingerprint density at radius 2 is 1.60 bits per heavy atom. The number of benzene rings is 2. The second-order valence-corrected chi connectivity index (χ2v) is 6.36. The molecule has 2 N–H and O–H groups in total. The van der Waals surface area contributed by atoms with Gasteiger partial charge in [0.05, 0.1) is 5.56 Å². The molecule has 134 valence electrons. The van der Waals surface area contributed by atoms with Crippen molar-refractivity contribution in [2.24, 2.45) is 0 Å². The number of aliphatic hydroxyl groups excluding tert-OH is 1. The van der Waals surface area contributed by atoms with Crippen molar-refractivity contribution in [3.05, 3.63) is 59.7 Å². The molecule has 0 spiro atoms. The van der Waals surface area contributed by atoms with Crippen LogP contribution >= 0.6 is 0 Å². The monoisotopic (exact) mass is 376 g/mol. The summed E-state index contributed by atoms with van der Waals surface area (Å²) >= 11 is 0. The van der Waals surface area contributed by atoms with E-state index in [2.05, 4.69) is 0 Å². The third-order valence-electron chi connectivity index (χ3n) is 3.02. The molecule has 0 bridgehead atoms. The third kappa shape index (κ3) is 4.78. The van der Waals surface area contributed by atoms with Crippen LogP contribution in [-0.2, 0) is 16.3 Å². The van der Waals surface area contributed by atoms with Crippen molar-refractivity contribution < 1.29 is 40.8 Å². The molecule has 2 aromatic rings. The molecule has 2 aromatic carbocycles. The van der Waals surface area contributed by atoms with Gasteiger partial charge in [0.1, 0.15) is 11.5 Å². The Bertz CT molecular complexity index is 892. The highest BCUT2D eigenvalue weighted by atomic mass is 32.2. The summed E-state index contributed by atoms with van der Waals surface area (Å²) < 4.78 is 73.5. The summed E-state index contributed by atoms with van der Waals surface area (Å²) in [5, 5.41) is 9.26. The zero-order chi connectivity index (χ0) is 18.8. The molecule has 0 fully saturated rings. The molecule has 6 nitrogen and oxygen atoms in total. The summed E-state index contributed by atoms with van der Waals surface area (Å²) in [6.07, 6.45) is -4.56. The van der Waals surface area contributed by atoms with Crippen LogP contribution in [0, 0.1) is 0 Å². The SMILES string of the molecule is O=C(c1cccc(Oc2cccc(C(F)(F)F)c2)c1)C(O)S(=O)(=O)O. The largest absolute Gasteiger partial charge is 0.457 e. The summed E-state index contributed by atoms with van der Waals surface area (Å²) in [5.74, 6) is -1.53. The standard InChI is InChI=1S/C15H11F3O6S/c16-15(17,18)10-4-2-6-12(8-10)24-11-5-1-3-9(7-11)13(19)14(20)25(21,22)23/h1-8,14,20H,(H,21,22,23). The van der Waals surface area contributed by atoms with Gasteiger partial charge in [-0.15, -0.1) is 0 Å². The zero-order valence-corrected chi connectivity index (χ0v) is 13.1. The number of ketones is 1. The van der Waals surface area contributed by atoms with Gasteiger partial charge in [-0.1, -0.05) is 18.2 Å². The number of carbonyl (C=O) groups is 1. The lowest BCUT2D eigenvalue weighted by atomic mass is 10.1.